The Balaban J connectivity index is 2.14. The fourth-order valence-corrected chi connectivity index (χ4v) is 3.67. The number of benzene rings is 4. The smallest absolute Gasteiger partial charge is 0.338 e. The second-order valence-corrected chi connectivity index (χ2v) is 6.65. The van der Waals surface area contributed by atoms with Gasteiger partial charge in [0.2, 0.25) is 0 Å². The molecule has 0 aliphatic carbocycles. The molecule has 0 saturated heterocycles. The van der Waals surface area contributed by atoms with E-state index in [0.717, 1.165) is 16.5 Å². The van der Waals surface area contributed by atoms with Gasteiger partial charge in [-0.1, -0.05) is 48.5 Å². The largest absolute Gasteiger partial charge is 0.465 e. The second kappa shape index (κ2) is 6.30. The van der Waals surface area contributed by atoms with E-state index in [1.165, 1.54) is 34.4 Å². The van der Waals surface area contributed by atoms with Crippen LogP contribution < -0.4 is 0 Å². The SMILES string of the molecule is COC(=O)c1ccccc1-c1c(C)c(C)cc2cc3ccccc3cc12. The molecule has 0 N–H and O–H groups in total. The van der Waals surface area contributed by atoms with Crippen molar-refractivity contribution in [3.8, 4) is 11.1 Å². The molecule has 4 aromatic rings. The first-order chi connectivity index (χ1) is 12.6. The van der Waals surface area contributed by atoms with Gasteiger partial charge < -0.3 is 4.74 Å². The van der Waals surface area contributed by atoms with Gasteiger partial charge >= 0.3 is 5.97 Å². The zero-order chi connectivity index (χ0) is 18.3. The molecule has 0 unspecified atom stereocenters. The number of aryl methyl sites for hydroxylation is 1. The fourth-order valence-electron chi connectivity index (χ4n) is 3.67. The third-order valence-electron chi connectivity index (χ3n) is 5.13. The van der Waals surface area contributed by atoms with Crippen LogP contribution in [0.2, 0.25) is 0 Å². The quantitative estimate of drug-likeness (QED) is 0.327. The molecule has 0 atom stereocenters. The summed E-state index contributed by atoms with van der Waals surface area (Å²) >= 11 is 0. The van der Waals surface area contributed by atoms with Crippen LogP contribution in [-0.2, 0) is 4.74 Å². The van der Waals surface area contributed by atoms with Gasteiger partial charge in [-0.05, 0) is 75.8 Å². The molecule has 0 fully saturated rings. The van der Waals surface area contributed by atoms with Gasteiger partial charge in [-0.2, -0.15) is 0 Å². The van der Waals surface area contributed by atoms with Crippen molar-refractivity contribution in [2.75, 3.05) is 7.11 Å². The molecule has 128 valence electrons. The highest BCUT2D eigenvalue weighted by molar-refractivity contribution is 6.09. The third kappa shape index (κ3) is 2.55. The topological polar surface area (TPSA) is 26.3 Å². The number of carbonyl (C=O) groups excluding carboxylic acids is 1. The minimum atomic E-state index is -0.310. The van der Waals surface area contributed by atoms with Crippen LogP contribution in [0.25, 0.3) is 32.7 Å². The van der Waals surface area contributed by atoms with Gasteiger partial charge in [0.25, 0.3) is 0 Å². The molecular weight excluding hydrogens is 320 g/mol. The van der Waals surface area contributed by atoms with Gasteiger partial charge in [0.05, 0.1) is 12.7 Å². The van der Waals surface area contributed by atoms with E-state index in [1.54, 1.807) is 0 Å². The molecule has 0 radical (unpaired) electrons. The van der Waals surface area contributed by atoms with Crippen LogP contribution in [0, 0.1) is 13.8 Å². The molecule has 0 aliphatic rings. The summed E-state index contributed by atoms with van der Waals surface area (Å²) in [6.07, 6.45) is 0. The number of fused-ring (bicyclic) bond motifs is 2. The van der Waals surface area contributed by atoms with Crippen LogP contribution in [0.1, 0.15) is 21.5 Å². The minimum Gasteiger partial charge on any atom is -0.465 e. The van der Waals surface area contributed by atoms with E-state index in [0.29, 0.717) is 5.56 Å². The maximum Gasteiger partial charge on any atom is 0.338 e. The van der Waals surface area contributed by atoms with Crippen LogP contribution in [0.15, 0.2) is 66.7 Å². The summed E-state index contributed by atoms with van der Waals surface area (Å²) in [5, 5.41) is 4.75. The number of rotatable bonds is 2. The molecule has 0 saturated carbocycles. The Morgan fingerprint density at radius 3 is 2.19 bits per heavy atom. The molecule has 0 bridgehead atoms. The van der Waals surface area contributed by atoms with Crippen molar-refractivity contribution in [2.45, 2.75) is 13.8 Å². The summed E-state index contributed by atoms with van der Waals surface area (Å²) in [6, 6.07) is 22.7. The predicted molar refractivity (Wildman–Crippen MR) is 108 cm³/mol. The number of hydrogen-bond donors (Lipinski definition) is 0. The van der Waals surface area contributed by atoms with Crippen molar-refractivity contribution >= 4 is 27.5 Å². The van der Waals surface area contributed by atoms with E-state index >= 15 is 0 Å². The lowest BCUT2D eigenvalue weighted by atomic mass is 9.87. The van der Waals surface area contributed by atoms with Crippen LogP contribution >= 0.6 is 0 Å². The number of esters is 1. The Labute approximate surface area is 153 Å². The molecule has 0 heterocycles. The molecule has 0 amide bonds. The monoisotopic (exact) mass is 340 g/mol. The lowest BCUT2D eigenvalue weighted by Gasteiger charge is -2.17. The maximum absolute atomic E-state index is 12.3. The van der Waals surface area contributed by atoms with Crippen LogP contribution in [0.5, 0.6) is 0 Å². The lowest BCUT2D eigenvalue weighted by molar-refractivity contribution is 0.0601. The molecule has 0 aromatic heterocycles. The van der Waals surface area contributed by atoms with Crippen LogP contribution in [-0.4, -0.2) is 13.1 Å². The van der Waals surface area contributed by atoms with E-state index < -0.39 is 0 Å². The third-order valence-corrected chi connectivity index (χ3v) is 5.13. The standard InChI is InChI=1S/C24H20O2/c1-15-12-19-13-17-8-4-5-9-18(17)14-22(19)23(16(15)2)20-10-6-7-11-21(20)24(25)26-3/h4-14H,1-3H3. The molecule has 0 aliphatic heterocycles. The van der Waals surface area contributed by atoms with E-state index in [1.807, 2.05) is 24.3 Å². The summed E-state index contributed by atoms with van der Waals surface area (Å²) in [7, 11) is 1.42. The van der Waals surface area contributed by atoms with E-state index in [4.69, 9.17) is 4.74 Å². The molecule has 4 rings (SSSR count). The molecule has 4 aromatic carbocycles. The first kappa shape index (κ1) is 16.3. The summed E-state index contributed by atoms with van der Waals surface area (Å²) in [5.74, 6) is -0.310. The molecule has 2 heteroatoms. The average Bonchev–Trinajstić information content (AvgIpc) is 2.67. The van der Waals surface area contributed by atoms with Gasteiger partial charge in [0.1, 0.15) is 0 Å². The van der Waals surface area contributed by atoms with Crippen molar-refractivity contribution in [2.24, 2.45) is 0 Å². The fraction of sp³-hybridized carbons (Fsp3) is 0.125. The summed E-state index contributed by atoms with van der Waals surface area (Å²) in [4.78, 5) is 12.3. The Hall–Kier alpha value is -3.13. The van der Waals surface area contributed by atoms with Crippen molar-refractivity contribution in [1.82, 2.24) is 0 Å². The zero-order valence-corrected chi connectivity index (χ0v) is 15.2. The summed E-state index contributed by atoms with van der Waals surface area (Å²) in [6.45, 7) is 4.24. The Kier molecular flexibility index (Phi) is 3.96. The molecular formula is C24H20O2. The van der Waals surface area contributed by atoms with Crippen LogP contribution in [0.4, 0.5) is 0 Å². The summed E-state index contributed by atoms with van der Waals surface area (Å²) < 4.78 is 5.01. The highest BCUT2D eigenvalue weighted by Crippen LogP contribution is 2.37. The molecule has 2 nitrogen and oxygen atoms in total. The number of ether oxygens (including phenoxy) is 1. The zero-order valence-electron chi connectivity index (χ0n) is 15.2. The van der Waals surface area contributed by atoms with Gasteiger partial charge in [-0.25, -0.2) is 4.79 Å². The van der Waals surface area contributed by atoms with Crippen molar-refractivity contribution in [3.05, 3.63) is 83.4 Å². The van der Waals surface area contributed by atoms with Crippen LogP contribution in [0.3, 0.4) is 0 Å². The Morgan fingerprint density at radius 2 is 1.46 bits per heavy atom. The minimum absolute atomic E-state index is 0.310. The first-order valence-electron chi connectivity index (χ1n) is 8.70. The second-order valence-electron chi connectivity index (χ2n) is 6.65. The molecule has 0 spiro atoms. The number of carbonyl (C=O) groups is 1. The number of methoxy groups -OCH3 is 1. The Morgan fingerprint density at radius 1 is 0.808 bits per heavy atom. The van der Waals surface area contributed by atoms with Crippen molar-refractivity contribution in [1.29, 1.82) is 0 Å². The maximum atomic E-state index is 12.3. The predicted octanol–water partition coefficient (Wildman–Crippen LogP) is 6.06. The van der Waals surface area contributed by atoms with E-state index in [2.05, 4.69) is 56.3 Å². The number of hydrogen-bond acceptors (Lipinski definition) is 2. The van der Waals surface area contributed by atoms with Gasteiger partial charge in [-0.15, -0.1) is 0 Å². The average molecular weight is 340 g/mol. The Bertz CT molecular complexity index is 1160. The van der Waals surface area contributed by atoms with Gasteiger partial charge in [0.15, 0.2) is 0 Å². The van der Waals surface area contributed by atoms with Crippen molar-refractivity contribution < 1.29 is 9.53 Å². The highest BCUT2D eigenvalue weighted by Gasteiger charge is 2.18. The van der Waals surface area contributed by atoms with Crippen molar-refractivity contribution in [3.63, 3.8) is 0 Å². The van der Waals surface area contributed by atoms with E-state index in [9.17, 15) is 4.79 Å². The van der Waals surface area contributed by atoms with Gasteiger partial charge in [0, 0.05) is 0 Å². The molecule has 26 heavy (non-hydrogen) atoms. The summed E-state index contributed by atoms with van der Waals surface area (Å²) in [5.41, 5.74) is 5.01. The normalized spacial score (nSPS) is 11.0. The van der Waals surface area contributed by atoms with Gasteiger partial charge in [-0.3, -0.25) is 0 Å². The first-order valence-corrected chi connectivity index (χ1v) is 8.70. The highest BCUT2D eigenvalue weighted by atomic mass is 16.5. The van der Waals surface area contributed by atoms with E-state index in [-0.39, 0.29) is 5.97 Å². The lowest BCUT2D eigenvalue weighted by Crippen LogP contribution is -2.04.